The minimum Gasteiger partial charge on any atom is -0.392 e. The smallest absolute Gasteiger partial charge is 0.312 e. The van der Waals surface area contributed by atoms with Crippen LogP contribution in [0, 0.1) is 5.92 Å². The predicted molar refractivity (Wildman–Crippen MR) is 64.8 cm³/mol. The summed E-state index contributed by atoms with van der Waals surface area (Å²) in [5.74, 6) is -0.677. The molecule has 3 N–H and O–H groups in total. The molecule has 0 bridgehead atoms. The van der Waals surface area contributed by atoms with Gasteiger partial charge in [-0.15, -0.1) is 0 Å². The maximum absolute atomic E-state index is 11.7. The summed E-state index contributed by atoms with van der Waals surface area (Å²) < 4.78 is 0. The molecule has 6 heteroatoms. The molecule has 90 valence electrons. The van der Waals surface area contributed by atoms with Crippen LogP contribution in [0.4, 0.5) is 0 Å². The van der Waals surface area contributed by atoms with Crippen LogP contribution in [-0.2, 0) is 9.59 Å². The molecule has 2 amide bonds. The first-order valence-corrected chi connectivity index (χ1v) is 5.69. The van der Waals surface area contributed by atoms with Gasteiger partial charge in [-0.05, 0) is 19.3 Å². The average molecular weight is 243 g/mol. The highest BCUT2D eigenvalue weighted by atomic mass is 32.1. The average Bonchev–Trinajstić information content (AvgIpc) is 2.53. The molecule has 0 radical (unpaired) electrons. The van der Waals surface area contributed by atoms with E-state index >= 15 is 0 Å². The highest BCUT2D eigenvalue weighted by Gasteiger charge is 2.33. The Morgan fingerprint density at radius 2 is 2.12 bits per heavy atom. The molecule has 1 aliphatic rings. The maximum atomic E-state index is 11.7. The van der Waals surface area contributed by atoms with Crippen molar-refractivity contribution in [1.82, 2.24) is 10.2 Å². The largest absolute Gasteiger partial charge is 0.392 e. The Kier molecular flexibility index (Phi) is 4.23. The van der Waals surface area contributed by atoms with Crippen LogP contribution in [0.1, 0.15) is 20.3 Å². The zero-order valence-corrected chi connectivity index (χ0v) is 10.3. The van der Waals surface area contributed by atoms with Gasteiger partial charge in [-0.2, -0.15) is 0 Å². The van der Waals surface area contributed by atoms with Crippen LogP contribution in [0.3, 0.4) is 0 Å². The van der Waals surface area contributed by atoms with Crippen molar-refractivity contribution in [2.45, 2.75) is 26.3 Å². The molecule has 0 aromatic carbocycles. The molecular weight excluding hydrogens is 226 g/mol. The number of hydrogen-bond donors (Lipinski definition) is 2. The van der Waals surface area contributed by atoms with E-state index in [2.05, 4.69) is 24.5 Å². The number of carbonyl (C=O) groups is 2. The minimum absolute atomic E-state index is 0.0671. The van der Waals surface area contributed by atoms with E-state index in [1.807, 2.05) is 6.92 Å². The van der Waals surface area contributed by atoms with E-state index in [9.17, 15) is 9.59 Å². The molecule has 1 aliphatic heterocycles. The number of thiocarbonyl (C=S) groups is 1. The fourth-order valence-electron chi connectivity index (χ4n) is 1.96. The lowest BCUT2D eigenvalue weighted by Gasteiger charge is -2.20. The van der Waals surface area contributed by atoms with Crippen molar-refractivity contribution in [3.05, 3.63) is 0 Å². The van der Waals surface area contributed by atoms with Crippen molar-refractivity contribution in [2.75, 3.05) is 13.1 Å². The number of likely N-dealkylation sites (tertiary alicyclic amines) is 1. The highest BCUT2D eigenvalue weighted by molar-refractivity contribution is 7.80. The van der Waals surface area contributed by atoms with Crippen molar-refractivity contribution in [3.8, 4) is 0 Å². The fraction of sp³-hybridized carbons (Fsp3) is 0.700. The lowest BCUT2D eigenvalue weighted by Crippen LogP contribution is -2.46. The molecule has 2 unspecified atom stereocenters. The summed E-state index contributed by atoms with van der Waals surface area (Å²) in [5, 5.41) is 2.40. The van der Waals surface area contributed by atoms with Gasteiger partial charge < -0.3 is 16.0 Å². The Balaban J connectivity index is 2.51. The van der Waals surface area contributed by atoms with Crippen LogP contribution < -0.4 is 11.1 Å². The normalized spacial score (nSPS) is 24.2. The molecule has 1 fully saturated rings. The second-order valence-corrected chi connectivity index (χ2v) is 4.82. The number of rotatable bonds is 2. The van der Waals surface area contributed by atoms with E-state index in [0.717, 1.165) is 6.42 Å². The molecule has 0 spiro atoms. The van der Waals surface area contributed by atoms with Crippen LogP contribution in [0.5, 0.6) is 0 Å². The highest BCUT2D eigenvalue weighted by Crippen LogP contribution is 2.22. The number of amides is 2. The summed E-state index contributed by atoms with van der Waals surface area (Å²) in [4.78, 5) is 25.0. The quantitative estimate of drug-likeness (QED) is 0.513. The summed E-state index contributed by atoms with van der Waals surface area (Å²) in [6.07, 6.45) is 0.939. The SMILES string of the molecule is CC1CC(C)N(C(=O)C(=O)NCC(N)=S)C1. The Bertz CT molecular complexity index is 319. The van der Waals surface area contributed by atoms with Gasteiger partial charge in [-0.3, -0.25) is 9.59 Å². The van der Waals surface area contributed by atoms with Gasteiger partial charge in [0.25, 0.3) is 0 Å². The molecule has 0 aromatic heterocycles. The summed E-state index contributed by atoms with van der Waals surface area (Å²) in [5.41, 5.74) is 5.24. The van der Waals surface area contributed by atoms with Gasteiger partial charge >= 0.3 is 11.8 Å². The van der Waals surface area contributed by atoms with Crippen LogP contribution in [-0.4, -0.2) is 40.8 Å². The van der Waals surface area contributed by atoms with E-state index in [1.165, 1.54) is 0 Å². The Hall–Kier alpha value is -1.17. The van der Waals surface area contributed by atoms with Crippen molar-refractivity contribution < 1.29 is 9.59 Å². The topological polar surface area (TPSA) is 75.4 Å². The molecule has 0 aromatic rings. The molecular formula is C10H17N3O2S. The molecule has 0 aliphatic carbocycles. The van der Waals surface area contributed by atoms with Gasteiger partial charge in [0.1, 0.15) is 0 Å². The third-order valence-electron chi connectivity index (χ3n) is 2.66. The molecule has 0 saturated carbocycles. The van der Waals surface area contributed by atoms with Gasteiger partial charge in [-0.1, -0.05) is 19.1 Å². The van der Waals surface area contributed by atoms with E-state index in [1.54, 1.807) is 4.90 Å². The van der Waals surface area contributed by atoms with Crippen LogP contribution in [0.2, 0.25) is 0 Å². The second kappa shape index (κ2) is 5.25. The zero-order chi connectivity index (χ0) is 12.3. The summed E-state index contributed by atoms with van der Waals surface area (Å²) >= 11 is 4.62. The number of nitrogens with zero attached hydrogens (tertiary/aromatic N) is 1. The van der Waals surface area contributed by atoms with Gasteiger partial charge in [0.2, 0.25) is 0 Å². The van der Waals surface area contributed by atoms with Crippen molar-refractivity contribution in [1.29, 1.82) is 0 Å². The fourth-order valence-corrected chi connectivity index (χ4v) is 2.03. The van der Waals surface area contributed by atoms with Crippen molar-refractivity contribution >= 4 is 29.0 Å². The van der Waals surface area contributed by atoms with E-state index in [4.69, 9.17) is 5.73 Å². The Labute approximate surface area is 100 Å². The molecule has 1 saturated heterocycles. The van der Waals surface area contributed by atoms with E-state index < -0.39 is 11.8 Å². The first-order valence-electron chi connectivity index (χ1n) is 5.29. The zero-order valence-electron chi connectivity index (χ0n) is 9.53. The van der Waals surface area contributed by atoms with Crippen LogP contribution in [0.25, 0.3) is 0 Å². The van der Waals surface area contributed by atoms with Crippen LogP contribution >= 0.6 is 12.2 Å². The predicted octanol–water partition coefficient (Wildman–Crippen LogP) is -0.354. The minimum atomic E-state index is -0.631. The number of nitrogens with two attached hydrogens (primary N) is 1. The standard InChI is InChI=1S/C10H17N3O2S/c1-6-3-7(2)13(5-6)10(15)9(14)12-4-8(11)16/h6-7H,3-5H2,1-2H3,(H2,11,16)(H,12,14). The maximum Gasteiger partial charge on any atom is 0.312 e. The number of nitrogens with one attached hydrogen (secondary N) is 1. The van der Waals surface area contributed by atoms with E-state index in [-0.39, 0.29) is 17.6 Å². The summed E-state index contributed by atoms with van der Waals surface area (Å²) in [7, 11) is 0. The summed E-state index contributed by atoms with van der Waals surface area (Å²) in [6, 6.07) is 0.123. The van der Waals surface area contributed by atoms with Gasteiger partial charge in [0.15, 0.2) is 0 Å². The second-order valence-electron chi connectivity index (χ2n) is 4.30. The first kappa shape index (κ1) is 12.9. The lowest BCUT2D eigenvalue weighted by atomic mass is 10.1. The van der Waals surface area contributed by atoms with Gasteiger partial charge in [0.05, 0.1) is 11.5 Å². The molecule has 5 nitrogen and oxygen atoms in total. The van der Waals surface area contributed by atoms with Crippen LogP contribution in [0.15, 0.2) is 0 Å². The molecule has 16 heavy (non-hydrogen) atoms. The first-order chi connectivity index (χ1) is 7.41. The monoisotopic (exact) mass is 243 g/mol. The Morgan fingerprint density at radius 1 is 1.50 bits per heavy atom. The van der Waals surface area contributed by atoms with Crippen molar-refractivity contribution in [2.24, 2.45) is 11.7 Å². The summed E-state index contributed by atoms with van der Waals surface area (Å²) in [6.45, 7) is 4.72. The van der Waals surface area contributed by atoms with Crippen molar-refractivity contribution in [3.63, 3.8) is 0 Å². The third-order valence-corrected chi connectivity index (χ3v) is 2.81. The van der Waals surface area contributed by atoms with E-state index in [0.29, 0.717) is 12.5 Å². The number of hydrogen-bond acceptors (Lipinski definition) is 3. The van der Waals surface area contributed by atoms with Gasteiger partial charge in [0, 0.05) is 12.6 Å². The molecule has 1 heterocycles. The molecule has 1 rings (SSSR count). The number of carbonyl (C=O) groups excluding carboxylic acids is 2. The third kappa shape index (κ3) is 3.16. The molecule has 2 atom stereocenters. The Morgan fingerprint density at radius 3 is 2.56 bits per heavy atom. The lowest BCUT2D eigenvalue weighted by molar-refractivity contribution is -0.146. The van der Waals surface area contributed by atoms with Gasteiger partial charge in [-0.25, -0.2) is 0 Å².